The smallest absolute Gasteiger partial charge is 0.251 e. The Morgan fingerprint density at radius 2 is 1.63 bits per heavy atom. The number of hydrogen-bond donors (Lipinski definition) is 2. The monoisotopic (exact) mass is 573 g/mol. The number of rotatable bonds is 5. The van der Waals surface area contributed by atoms with Gasteiger partial charge in [0.1, 0.15) is 11.0 Å². The molecule has 0 aromatic heterocycles. The lowest BCUT2D eigenvalue weighted by molar-refractivity contribution is -0.137. The molecule has 2 amide bonds. The summed E-state index contributed by atoms with van der Waals surface area (Å²) in [6.45, 7) is 0.542. The van der Waals surface area contributed by atoms with Gasteiger partial charge in [0.25, 0.3) is 5.91 Å². The number of anilines is 2. The maximum atomic E-state index is 15.0. The molecule has 2 fully saturated rings. The zero-order valence-corrected chi connectivity index (χ0v) is 23.5. The van der Waals surface area contributed by atoms with Crippen molar-refractivity contribution in [3.8, 4) is 17.2 Å². The molecule has 9 nitrogen and oxygen atoms in total. The first kappa shape index (κ1) is 25.9. The van der Waals surface area contributed by atoms with Gasteiger partial charge < -0.3 is 24.8 Å². The van der Waals surface area contributed by atoms with Gasteiger partial charge in [0.15, 0.2) is 17.3 Å². The molecule has 4 heterocycles. The number of hydrogen-bond acceptors (Lipinski definition) is 7. The second-order valence-corrected chi connectivity index (χ2v) is 11.2. The lowest BCUT2D eigenvalue weighted by Gasteiger charge is -2.43. The Hall–Kier alpha value is -4.08. The topological polar surface area (TPSA) is 106 Å². The molecule has 3 aromatic rings. The maximum absolute atomic E-state index is 15.0. The predicted molar refractivity (Wildman–Crippen MR) is 152 cm³/mol. The Balaban J connectivity index is 1.55. The zero-order valence-electron chi connectivity index (χ0n) is 22.7. The van der Waals surface area contributed by atoms with Crippen LogP contribution < -0.4 is 24.8 Å². The number of para-hydroxylation sites is 2. The van der Waals surface area contributed by atoms with Gasteiger partial charge in [-0.1, -0.05) is 41.9 Å². The molecule has 4 aliphatic heterocycles. The predicted octanol–water partition coefficient (Wildman–Crippen LogP) is 4.38. The van der Waals surface area contributed by atoms with Gasteiger partial charge in [-0.3, -0.25) is 19.3 Å². The van der Waals surface area contributed by atoms with Crippen molar-refractivity contribution in [1.82, 2.24) is 4.90 Å². The Morgan fingerprint density at radius 1 is 0.927 bits per heavy atom. The van der Waals surface area contributed by atoms with E-state index in [0.29, 0.717) is 63.3 Å². The molecule has 3 aromatic carbocycles. The summed E-state index contributed by atoms with van der Waals surface area (Å²) in [5.41, 5.74) is -0.485. The summed E-state index contributed by atoms with van der Waals surface area (Å²) in [6.07, 6.45) is 1.41. The first-order chi connectivity index (χ1) is 19.9. The minimum absolute atomic E-state index is 0.284. The molecule has 0 radical (unpaired) electrons. The second-order valence-electron chi connectivity index (χ2n) is 10.8. The Bertz CT molecular complexity index is 1630. The van der Waals surface area contributed by atoms with Crippen LogP contribution in [0, 0.1) is 5.92 Å². The number of ketones is 1. The van der Waals surface area contributed by atoms with E-state index in [-0.39, 0.29) is 17.6 Å². The number of methoxy groups -OCH3 is 3. The maximum Gasteiger partial charge on any atom is 0.251 e. The summed E-state index contributed by atoms with van der Waals surface area (Å²) in [7, 11) is 4.47. The molecule has 0 saturated carbocycles. The average Bonchev–Trinajstić information content (AvgIpc) is 3.71. The fourth-order valence-electron chi connectivity index (χ4n) is 7.97. The van der Waals surface area contributed by atoms with E-state index >= 15 is 0 Å². The van der Waals surface area contributed by atoms with Crippen molar-refractivity contribution in [3.05, 3.63) is 76.3 Å². The summed E-state index contributed by atoms with van der Waals surface area (Å²) < 4.78 is 16.6. The number of fused-ring (bicyclic) bond motifs is 7. The Labute approximate surface area is 241 Å². The minimum Gasteiger partial charge on any atom is -0.493 e. The number of nitrogens with one attached hydrogen (secondary N) is 2. The standard InChI is InChI=1S/C31H28ClN3O6/c1-39-22-14-16(15-23(40-2)27(22)41-3)26(36)24-21-12-7-13-35(21)31(18-9-6-10-19(32)25(18)34-29(31)38)30(24)17-8-4-5-11-20(17)33-28(30)37/h4-6,8-11,14-15,21,24H,7,12-13H2,1-3H3,(H,33,37)(H,34,38)/t21-,24-,30+,31-/m0/s1. The molecule has 2 saturated heterocycles. The van der Waals surface area contributed by atoms with E-state index in [9.17, 15) is 14.4 Å². The molecule has 41 heavy (non-hydrogen) atoms. The van der Waals surface area contributed by atoms with E-state index in [1.54, 1.807) is 24.3 Å². The van der Waals surface area contributed by atoms with Crippen LogP contribution in [0.25, 0.3) is 0 Å². The highest BCUT2D eigenvalue weighted by Gasteiger charge is 2.81. The number of carbonyl (C=O) groups is 3. The van der Waals surface area contributed by atoms with Gasteiger partial charge in [0, 0.05) is 22.9 Å². The van der Waals surface area contributed by atoms with E-state index in [1.807, 2.05) is 30.3 Å². The lowest BCUT2D eigenvalue weighted by Crippen LogP contribution is -2.62. The first-order valence-electron chi connectivity index (χ1n) is 13.5. The molecule has 2 spiro atoms. The van der Waals surface area contributed by atoms with Crippen molar-refractivity contribution in [1.29, 1.82) is 0 Å². The highest BCUT2D eigenvalue weighted by atomic mass is 35.5. The molecule has 0 bridgehead atoms. The van der Waals surface area contributed by atoms with Gasteiger partial charge in [-0.15, -0.1) is 0 Å². The van der Waals surface area contributed by atoms with Crippen molar-refractivity contribution in [3.63, 3.8) is 0 Å². The summed E-state index contributed by atoms with van der Waals surface area (Å²) in [5, 5.41) is 6.42. The van der Waals surface area contributed by atoms with Crippen LogP contribution in [0.2, 0.25) is 5.02 Å². The van der Waals surface area contributed by atoms with Gasteiger partial charge in [-0.05, 0) is 49.2 Å². The van der Waals surface area contributed by atoms with Crippen molar-refractivity contribution >= 4 is 40.6 Å². The van der Waals surface area contributed by atoms with E-state index in [1.165, 1.54) is 21.3 Å². The summed E-state index contributed by atoms with van der Waals surface area (Å²) >= 11 is 6.62. The molecule has 4 atom stereocenters. The van der Waals surface area contributed by atoms with E-state index in [4.69, 9.17) is 25.8 Å². The minimum atomic E-state index is -1.58. The Kier molecular flexibility index (Phi) is 5.65. The van der Waals surface area contributed by atoms with Crippen molar-refractivity contribution < 1.29 is 28.6 Å². The number of carbonyl (C=O) groups excluding carboxylic acids is 3. The van der Waals surface area contributed by atoms with Gasteiger partial charge in [-0.2, -0.15) is 0 Å². The van der Waals surface area contributed by atoms with Crippen molar-refractivity contribution in [2.24, 2.45) is 5.92 Å². The summed E-state index contributed by atoms with van der Waals surface area (Å²) in [4.78, 5) is 46.1. The van der Waals surface area contributed by atoms with Crippen LogP contribution in [-0.4, -0.2) is 56.4 Å². The number of amides is 2. The van der Waals surface area contributed by atoms with Gasteiger partial charge in [0.2, 0.25) is 11.7 Å². The zero-order chi connectivity index (χ0) is 28.7. The third-order valence-corrected chi connectivity index (χ3v) is 9.63. The largest absolute Gasteiger partial charge is 0.493 e. The number of halogens is 1. The van der Waals surface area contributed by atoms with Crippen molar-refractivity contribution in [2.75, 3.05) is 38.5 Å². The second kappa shape index (κ2) is 8.96. The number of ether oxygens (including phenoxy) is 3. The van der Waals surface area contributed by atoms with Gasteiger partial charge >= 0.3 is 0 Å². The molecule has 210 valence electrons. The highest BCUT2D eigenvalue weighted by Crippen LogP contribution is 2.68. The van der Waals surface area contributed by atoms with Crippen LogP contribution in [0.5, 0.6) is 17.2 Å². The van der Waals surface area contributed by atoms with Crippen molar-refractivity contribution in [2.45, 2.75) is 29.8 Å². The average molecular weight is 574 g/mol. The van der Waals surface area contributed by atoms with Crippen LogP contribution in [0.4, 0.5) is 11.4 Å². The van der Waals surface area contributed by atoms with E-state index in [0.717, 1.165) is 6.42 Å². The molecule has 0 aliphatic carbocycles. The quantitative estimate of drug-likeness (QED) is 0.436. The van der Waals surface area contributed by atoms with Crippen LogP contribution in [0.1, 0.15) is 34.3 Å². The first-order valence-corrected chi connectivity index (χ1v) is 13.9. The molecule has 10 heteroatoms. The van der Waals surface area contributed by atoms with Crippen LogP contribution in [0.3, 0.4) is 0 Å². The fraction of sp³-hybridized carbons (Fsp3) is 0.323. The van der Waals surface area contributed by atoms with Crippen LogP contribution in [0.15, 0.2) is 54.6 Å². The molecular weight excluding hydrogens is 546 g/mol. The fourth-order valence-corrected chi connectivity index (χ4v) is 8.19. The molecular formula is C31H28ClN3O6. The molecule has 7 rings (SSSR count). The normalized spacial score (nSPS) is 27.4. The third kappa shape index (κ3) is 2.97. The van der Waals surface area contributed by atoms with Gasteiger partial charge in [0.05, 0.1) is 38.0 Å². The Morgan fingerprint density at radius 3 is 2.34 bits per heavy atom. The van der Waals surface area contributed by atoms with E-state index in [2.05, 4.69) is 15.5 Å². The SMILES string of the molecule is COc1cc(C(=O)[C@@H]2[C@@H]3CCCN3[C@@]3(C(=O)Nc4c(Cl)cccc43)[C@@]23C(=O)Nc2ccccc23)cc(OC)c1OC. The third-order valence-electron chi connectivity index (χ3n) is 9.31. The number of benzene rings is 3. The lowest BCUT2D eigenvalue weighted by atomic mass is 9.57. The summed E-state index contributed by atoms with van der Waals surface area (Å²) in [5.74, 6) is -0.935. The number of Topliss-reactive ketones (excluding diaryl/α,β-unsaturated/α-hetero) is 1. The molecule has 2 N–H and O–H groups in total. The van der Waals surface area contributed by atoms with Gasteiger partial charge in [-0.25, -0.2) is 0 Å². The van der Waals surface area contributed by atoms with E-state index < -0.39 is 22.9 Å². The molecule has 0 unspecified atom stereocenters. The molecule has 4 aliphatic rings. The van der Waals surface area contributed by atoms with Crippen LogP contribution in [-0.2, 0) is 20.5 Å². The number of nitrogens with zero attached hydrogens (tertiary/aromatic N) is 1. The summed E-state index contributed by atoms with van der Waals surface area (Å²) in [6, 6.07) is 15.5. The highest BCUT2D eigenvalue weighted by molar-refractivity contribution is 6.35. The van der Waals surface area contributed by atoms with Crippen LogP contribution >= 0.6 is 11.6 Å².